The fourth-order valence-electron chi connectivity index (χ4n) is 0.448. The number of allylic oxidation sites excluding steroid dienone is 2. The molecule has 0 aliphatic heterocycles. The summed E-state index contributed by atoms with van der Waals surface area (Å²) < 4.78 is 0. The molecule has 0 amide bonds. The molecule has 0 fully saturated rings. The third-order valence-corrected chi connectivity index (χ3v) is 1.11. The zero-order chi connectivity index (χ0) is 8.41. The molecule has 0 aromatic rings. The Balaban J connectivity index is 4.01. The van der Waals surface area contributed by atoms with E-state index >= 15 is 0 Å². The van der Waals surface area contributed by atoms with E-state index in [-0.39, 0.29) is 10.3 Å². The maximum absolute atomic E-state index is 5.95. The van der Waals surface area contributed by atoms with Gasteiger partial charge in [0.05, 0.1) is 4.87 Å². The standard InChI is InChI=1S/C9H17Cl/c1-8(2,3)6-7-9(4,5)10/h6-7H,1-5H3/b7-6+. The summed E-state index contributed by atoms with van der Waals surface area (Å²) in [5, 5.41) is 0. The number of alkyl halides is 1. The van der Waals surface area contributed by atoms with E-state index in [0.29, 0.717) is 0 Å². The molecule has 1 heteroatoms. The Morgan fingerprint density at radius 1 is 0.900 bits per heavy atom. The third kappa shape index (κ3) is 8.03. The lowest BCUT2D eigenvalue weighted by Crippen LogP contribution is -2.07. The van der Waals surface area contributed by atoms with Crippen LogP contribution in [0, 0.1) is 5.41 Å². The van der Waals surface area contributed by atoms with Crippen LogP contribution in [0.2, 0.25) is 0 Å². The molecule has 0 rings (SSSR count). The largest absolute Gasteiger partial charge is 0.115 e. The summed E-state index contributed by atoms with van der Waals surface area (Å²) in [6, 6.07) is 0. The normalized spacial score (nSPS) is 14.6. The minimum atomic E-state index is -0.201. The Morgan fingerprint density at radius 3 is 1.40 bits per heavy atom. The van der Waals surface area contributed by atoms with Gasteiger partial charge in [-0.3, -0.25) is 0 Å². The third-order valence-electron chi connectivity index (χ3n) is 0.980. The Labute approximate surface area is 69.3 Å². The number of rotatable bonds is 1. The van der Waals surface area contributed by atoms with Gasteiger partial charge >= 0.3 is 0 Å². The Bertz CT molecular complexity index is 105. The van der Waals surface area contributed by atoms with Crippen LogP contribution < -0.4 is 0 Å². The summed E-state index contributed by atoms with van der Waals surface area (Å²) in [4.78, 5) is -0.201. The van der Waals surface area contributed by atoms with E-state index in [4.69, 9.17) is 11.6 Å². The lowest BCUT2D eigenvalue weighted by atomic mass is 9.94. The summed E-state index contributed by atoms with van der Waals surface area (Å²) in [6.07, 6.45) is 4.18. The highest BCUT2D eigenvalue weighted by Gasteiger charge is 2.10. The molecule has 10 heavy (non-hydrogen) atoms. The van der Waals surface area contributed by atoms with E-state index in [0.717, 1.165) is 0 Å². The number of halogens is 1. The monoisotopic (exact) mass is 160 g/mol. The second-order valence-electron chi connectivity index (χ2n) is 4.26. The Hall–Kier alpha value is 0.0300. The smallest absolute Gasteiger partial charge is 0.0570 e. The van der Waals surface area contributed by atoms with Gasteiger partial charge in [0, 0.05) is 0 Å². The van der Waals surface area contributed by atoms with Gasteiger partial charge in [-0.25, -0.2) is 0 Å². The van der Waals surface area contributed by atoms with E-state index < -0.39 is 0 Å². The molecular weight excluding hydrogens is 144 g/mol. The molecular formula is C9H17Cl. The van der Waals surface area contributed by atoms with Crippen molar-refractivity contribution in [3.63, 3.8) is 0 Å². The highest BCUT2D eigenvalue weighted by Crippen LogP contribution is 2.20. The lowest BCUT2D eigenvalue weighted by Gasteiger charge is -2.15. The molecule has 0 spiro atoms. The fourth-order valence-corrected chi connectivity index (χ4v) is 0.511. The summed E-state index contributed by atoms with van der Waals surface area (Å²) in [6.45, 7) is 10.4. The molecule has 0 radical (unpaired) electrons. The zero-order valence-electron chi connectivity index (χ0n) is 7.53. The molecule has 0 aromatic carbocycles. The van der Waals surface area contributed by atoms with Crippen molar-refractivity contribution >= 4 is 11.6 Å². The summed E-state index contributed by atoms with van der Waals surface area (Å²) in [5.41, 5.74) is 0.242. The van der Waals surface area contributed by atoms with Crippen molar-refractivity contribution in [3.05, 3.63) is 12.2 Å². The van der Waals surface area contributed by atoms with E-state index in [2.05, 4.69) is 26.8 Å². The Kier molecular flexibility index (Phi) is 2.97. The van der Waals surface area contributed by atoms with Crippen LogP contribution in [-0.2, 0) is 0 Å². The topological polar surface area (TPSA) is 0 Å². The van der Waals surface area contributed by atoms with Gasteiger partial charge < -0.3 is 0 Å². The minimum Gasteiger partial charge on any atom is -0.115 e. The SMILES string of the molecule is CC(C)(C)/C=C/C(C)(C)Cl. The highest BCUT2D eigenvalue weighted by atomic mass is 35.5. The molecule has 0 aliphatic rings. The van der Waals surface area contributed by atoms with Gasteiger partial charge in [0.2, 0.25) is 0 Å². The van der Waals surface area contributed by atoms with Crippen molar-refractivity contribution in [2.75, 3.05) is 0 Å². The van der Waals surface area contributed by atoms with Gasteiger partial charge in [0.1, 0.15) is 0 Å². The van der Waals surface area contributed by atoms with Crippen molar-refractivity contribution in [2.24, 2.45) is 5.41 Å². The predicted molar refractivity (Wildman–Crippen MR) is 48.5 cm³/mol. The van der Waals surface area contributed by atoms with Crippen LogP contribution in [0.15, 0.2) is 12.2 Å². The first-order chi connectivity index (χ1) is 4.21. The molecule has 0 heterocycles. The van der Waals surface area contributed by atoms with Crippen molar-refractivity contribution in [2.45, 2.75) is 39.5 Å². The average molecular weight is 161 g/mol. The van der Waals surface area contributed by atoms with Gasteiger partial charge in [-0.15, -0.1) is 11.6 Å². The molecule has 60 valence electrons. The van der Waals surface area contributed by atoms with Crippen LogP contribution >= 0.6 is 11.6 Å². The summed E-state index contributed by atoms with van der Waals surface area (Å²) >= 11 is 5.95. The molecule has 0 bridgehead atoms. The zero-order valence-corrected chi connectivity index (χ0v) is 8.29. The molecule has 0 saturated carbocycles. The van der Waals surface area contributed by atoms with Crippen molar-refractivity contribution in [1.29, 1.82) is 0 Å². The first kappa shape index (κ1) is 10.0. The maximum atomic E-state index is 5.95. The van der Waals surface area contributed by atoms with Gasteiger partial charge in [-0.2, -0.15) is 0 Å². The van der Waals surface area contributed by atoms with Gasteiger partial charge in [0.25, 0.3) is 0 Å². The fraction of sp³-hybridized carbons (Fsp3) is 0.778. The van der Waals surface area contributed by atoms with E-state index in [1.54, 1.807) is 0 Å². The summed E-state index contributed by atoms with van der Waals surface area (Å²) in [5.74, 6) is 0. The minimum absolute atomic E-state index is 0.201. The molecule has 0 atom stereocenters. The summed E-state index contributed by atoms with van der Waals surface area (Å²) in [7, 11) is 0. The highest BCUT2D eigenvalue weighted by molar-refractivity contribution is 6.24. The quantitative estimate of drug-likeness (QED) is 0.406. The maximum Gasteiger partial charge on any atom is 0.0570 e. The van der Waals surface area contributed by atoms with Crippen LogP contribution in [0.25, 0.3) is 0 Å². The van der Waals surface area contributed by atoms with Crippen molar-refractivity contribution in [1.82, 2.24) is 0 Å². The van der Waals surface area contributed by atoms with Crippen LogP contribution in [0.3, 0.4) is 0 Å². The Morgan fingerprint density at radius 2 is 1.30 bits per heavy atom. The number of hydrogen-bond donors (Lipinski definition) is 0. The van der Waals surface area contributed by atoms with Crippen LogP contribution in [0.4, 0.5) is 0 Å². The first-order valence-corrected chi connectivity index (χ1v) is 3.98. The molecule has 0 saturated heterocycles. The second kappa shape index (κ2) is 2.96. The molecule has 0 unspecified atom stereocenters. The van der Waals surface area contributed by atoms with E-state index in [9.17, 15) is 0 Å². The molecule has 0 N–H and O–H groups in total. The first-order valence-electron chi connectivity index (χ1n) is 3.60. The number of hydrogen-bond acceptors (Lipinski definition) is 0. The van der Waals surface area contributed by atoms with E-state index in [1.165, 1.54) is 0 Å². The molecule has 0 aromatic heterocycles. The molecule has 0 aliphatic carbocycles. The lowest BCUT2D eigenvalue weighted by molar-refractivity contribution is 0.540. The van der Waals surface area contributed by atoms with Crippen LogP contribution in [0.5, 0.6) is 0 Å². The molecule has 0 nitrogen and oxygen atoms in total. The van der Waals surface area contributed by atoms with E-state index in [1.807, 2.05) is 19.9 Å². The van der Waals surface area contributed by atoms with Crippen LogP contribution in [-0.4, -0.2) is 4.87 Å². The second-order valence-corrected chi connectivity index (χ2v) is 5.24. The van der Waals surface area contributed by atoms with Gasteiger partial charge in [-0.05, 0) is 19.3 Å². The van der Waals surface area contributed by atoms with Gasteiger partial charge in [-0.1, -0.05) is 32.9 Å². The van der Waals surface area contributed by atoms with Gasteiger partial charge in [0.15, 0.2) is 0 Å². The van der Waals surface area contributed by atoms with Crippen molar-refractivity contribution < 1.29 is 0 Å². The predicted octanol–water partition coefficient (Wildman–Crippen LogP) is 3.61. The van der Waals surface area contributed by atoms with Crippen molar-refractivity contribution in [3.8, 4) is 0 Å². The van der Waals surface area contributed by atoms with Crippen LogP contribution in [0.1, 0.15) is 34.6 Å². The average Bonchev–Trinajstić information content (AvgIpc) is 1.57.